The van der Waals surface area contributed by atoms with Crippen molar-refractivity contribution < 1.29 is 4.58 Å². The highest BCUT2D eigenvalue weighted by Crippen LogP contribution is 1.70. The van der Waals surface area contributed by atoms with Crippen LogP contribution in [0, 0.1) is 0 Å². The molecule has 0 amide bonds. The molecule has 8 heavy (non-hydrogen) atoms. The van der Waals surface area contributed by atoms with Gasteiger partial charge in [0.2, 0.25) is 0 Å². The first-order valence-corrected chi connectivity index (χ1v) is 2.95. The van der Waals surface area contributed by atoms with Crippen molar-refractivity contribution in [2.24, 2.45) is 0 Å². The van der Waals surface area contributed by atoms with Gasteiger partial charge < -0.3 is 0 Å². The van der Waals surface area contributed by atoms with Crippen LogP contribution in [0.3, 0.4) is 0 Å². The zero-order chi connectivity index (χ0) is 6.41. The van der Waals surface area contributed by atoms with Gasteiger partial charge in [-0.05, 0) is 6.08 Å². The number of hydrogen-bond acceptors (Lipinski definition) is 0. The molecule has 0 aromatic rings. The lowest BCUT2D eigenvalue weighted by Crippen LogP contribution is -2.05. The van der Waals surface area contributed by atoms with Gasteiger partial charge in [0.15, 0.2) is 6.54 Å². The molecule has 0 bridgehead atoms. The topological polar surface area (TPSA) is 3.01 Å². The summed E-state index contributed by atoms with van der Waals surface area (Å²) in [6, 6.07) is 0. The van der Waals surface area contributed by atoms with Crippen molar-refractivity contribution >= 4 is 6.21 Å². The van der Waals surface area contributed by atoms with Gasteiger partial charge in [-0.2, -0.15) is 0 Å². The van der Waals surface area contributed by atoms with Gasteiger partial charge in [-0.15, -0.1) is 0 Å². The minimum atomic E-state index is 0.952. The van der Waals surface area contributed by atoms with Gasteiger partial charge in [0, 0.05) is 6.42 Å². The van der Waals surface area contributed by atoms with E-state index >= 15 is 0 Å². The standard InChI is InChI=1S/C7H14N/c1-4-6-8(3)7-5-2/h4,7H,1,5-6H2,2-3H3/q+1. The Morgan fingerprint density at radius 3 is 2.62 bits per heavy atom. The number of rotatable bonds is 3. The van der Waals surface area contributed by atoms with Crippen molar-refractivity contribution in [3.05, 3.63) is 12.7 Å². The van der Waals surface area contributed by atoms with Crippen LogP contribution < -0.4 is 0 Å². The van der Waals surface area contributed by atoms with E-state index in [0.29, 0.717) is 0 Å². The molecule has 0 saturated carbocycles. The van der Waals surface area contributed by atoms with Crippen LogP contribution in [0.2, 0.25) is 0 Å². The molecule has 0 atom stereocenters. The van der Waals surface area contributed by atoms with Crippen molar-refractivity contribution in [1.29, 1.82) is 0 Å². The molecule has 0 aromatic carbocycles. The molecule has 0 heterocycles. The third kappa shape index (κ3) is 3.59. The van der Waals surface area contributed by atoms with Gasteiger partial charge in [0.25, 0.3) is 0 Å². The summed E-state index contributed by atoms with van der Waals surface area (Å²) in [4.78, 5) is 0. The summed E-state index contributed by atoms with van der Waals surface area (Å²) < 4.78 is 2.12. The molecule has 0 aliphatic heterocycles. The highest BCUT2D eigenvalue weighted by atomic mass is 14.9. The molecule has 0 spiro atoms. The Morgan fingerprint density at radius 2 is 2.25 bits per heavy atom. The van der Waals surface area contributed by atoms with E-state index in [1.807, 2.05) is 13.1 Å². The molecule has 0 aliphatic rings. The average molecular weight is 112 g/mol. The van der Waals surface area contributed by atoms with Crippen LogP contribution in [0.25, 0.3) is 0 Å². The van der Waals surface area contributed by atoms with E-state index in [1.165, 1.54) is 0 Å². The van der Waals surface area contributed by atoms with Gasteiger partial charge in [0.05, 0.1) is 0 Å². The number of likely N-dealkylation sites (N-methyl/N-ethyl adjacent to an activating group) is 1. The van der Waals surface area contributed by atoms with Gasteiger partial charge in [-0.1, -0.05) is 13.5 Å². The monoisotopic (exact) mass is 112 g/mol. The van der Waals surface area contributed by atoms with E-state index in [0.717, 1.165) is 13.0 Å². The summed E-state index contributed by atoms with van der Waals surface area (Å²) in [6.07, 6.45) is 5.14. The van der Waals surface area contributed by atoms with Crippen LogP contribution in [-0.4, -0.2) is 24.4 Å². The first-order chi connectivity index (χ1) is 3.81. The van der Waals surface area contributed by atoms with E-state index in [1.54, 1.807) is 0 Å². The molecule has 0 aliphatic carbocycles. The Hall–Kier alpha value is -0.590. The maximum atomic E-state index is 3.62. The van der Waals surface area contributed by atoms with Crippen molar-refractivity contribution in [3.63, 3.8) is 0 Å². The second-order valence-electron chi connectivity index (χ2n) is 1.82. The van der Waals surface area contributed by atoms with Crippen LogP contribution >= 0.6 is 0 Å². The van der Waals surface area contributed by atoms with Crippen LogP contribution in [0.1, 0.15) is 13.3 Å². The fourth-order valence-electron chi connectivity index (χ4n) is 0.590. The maximum Gasteiger partial charge on any atom is 0.160 e. The molecule has 0 radical (unpaired) electrons. The quantitative estimate of drug-likeness (QED) is 0.294. The van der Waals surface area contributed by atoms with Crippen molar-refractivity contribution in [2.45, 2.75) is 13.3 Å². The fourth-order valence-corrected chi connectivity index (χ4v) is 0.590. The first-order valence-electron chi connectivity index (χ1n) is 2.95. The lowest BCUT2D eigenvalue weighted by molar-refractivity contribution is -0.482. The third-order valence-electron chi connectivity index (χ3n) is 0.911. The van der Waals surface area contributed by atoms with Crippen molar-refractivity contribution in [3.8, 4) is 0 Å². The largest absolute Gasteiger partial charge is 0.239 e. The lowest BCUT2D eigenvalue weighted by atomic mass is 10.5. The van der Waals surface area contributed by atoms with Crippen LogP contribution in [-0.2, 0) is 0 Å². The highest BCUT2D eigenvalue weighted by Gasteiger charge is 1.84. The predicted octanol–water partition coefficient (Wildman–Crippen LogP) is 1.30. The highest BCUT2D eigenvalue weighted by molar-refractivity contribution is 5.50. The molecule has 0 aromatic heterocycles. The second-order valence-corrected chi connectivity index (χ2v) is 1.82. The molecule has 0 fully saturated rings. The van der Waals surface area contributed by atoms with E-state index < -0.39 is 0 Å². The molecular formula is C7H14N+. The van der Waals surface area contributed by atoms with E-state index in [4.69, 9.17) is 0 Å². The molecule has 0 unspecified atom stereocenters. The molecule has 0 saturated heterocycles. The number of hydrogen-bond donors (Lipinski definition) is 0. The average Bonchev–Trinajstić information content (AvgIpc) is 1.68. The lowest BCUT2D eigenvalue weighted by Gasteiger charge is -1.86. The Morgan fingerprint density at radius 1 is 1.62 bits per heavy atom. The van der Waals surface area contributed by atoms with Gasteiger partial charge in [0.1, 0.15) is 13.3 Å². The zero-order valence-electron chi connectivity index (χ0n) is 5.72. The first kappa shape index (κ1) is 7.41. The van der Waals surface area contributed by atoms with E-state index in [2.05, 4.69) is 24.3 Å². The summed E-state index contributed by atoms with van der Waals surface area (Å²) >= 11 is 0. The fraction of sp³-hybridized carbons (Fsp3) is 0.571. The van der Waals surface area contributed by atoms with Crippen LogP contribution in [0.5, 0.6) is 0 Å². The summed E-state index contributed by atoms with van der Waals surface area (Å²) in [7, 11) is 2.05. The third-order valence-corrected chi connectivity index (χ3v) is 0.911. The molecule has 0 N–H and O–H groups in total. The Kier molecular flexibility index (Phi) is 4.23. The van der Waals surface area contributed by atoms with E-state index in [-0.39, 0.29) is 0 Å². The predicted molar refractivity (Wildman–Crippen MR) is 37.6 cm³/mol. The molecule has 1 nitrogen and oxygen atoms in total. The minimum absolute atomic E-state index is 0.952. The summed E-state index contributed by atoms with van der Waals surface area (Å²) in [5, 5.41) is 0. The smallest absolute Gasteiger partial charge is 0.160 e. The van der Waals surface area contributed by atoms with Gasteiger partial charge in [-0.25, -0.2) is 4.58 Å². The summed E-state index contributed by atoms with van der Waals surface area (Å²) in [5.41, 5.74) is 0. The molecule has 46 valence electrons. The number of nitrogens with zero attached hydrogens (tertiary/aromatic N) is 1. The molecule has 1 heteroatoms. The Labute approximate surface area is 51.3 Å². The van der Waals surface area contributed by atoms with Crippen LogP contribution in [0.15, 0.2) is 12.7 Å². The SMILES string of the molecule is C=CC[N+](C)=CCC. The summed E-state index contributed by atoms with van der Waals surface area (Å²) in [5.74, 6) is 0. The normalized spacial score (nSPS) is 11.5. The van der Waals surface area contributed by atoms with Crippen molar-refractivity contribution in [1.82, 2.24) is 0 Å². The van der Waals surface area contributed by atoms with Gasteiger partial charge >= 0.3 is 0 Å². The summed E-state index contributed by atoms with van der Waals surface area (Å²) in [6.45, 7) is 6.70. The Balaban J connectivity index is 3.44. The van der Waals surface area contributed by atoms with Gasteiger partial charge in [-0.3, -0.25) is 0 Å². The van der Waals surface area contributed by atoms with E-state index in [9.17, 15) is 0 Å². The molecular weight excluding hydrogens is 98.1 g/mol. The van der Waals surface area contributed by atoms with Crippen LogP contribution in [0.4, 0.5) is 0 Å². The molecule has 0 rings (SSSR count). The Bertz CT molecular complexity index is 92.6. The second kappa shape index (κ2) is 4.57. The maximum absolute atomic E-state index is 3.62. The minimum Gasteiger partial charge on any atom is -0.239 e. The van der Waals surface area contributed by atoms with Crippen molar-refractivity contribution in [2.75, 3.05) is 13.6 Å². The zero-order valence-corrected chi connectivity index (χ0v) is 5.72.